The van der Waals surface area contributed by atoms with Gasteiger partial charge in [-0.15, -0.1) is 0 Å². The molecule has 0 saturated heterocycles. The van der Waals surface area contributed by atoms with Crippen LogP contribution in [-0.4, -0.2) is 9.97 Å². The lowest BCUT2D eigenvalue weighted by atomic mass is 10.0. The van der Waals surface area contributed by atoms with E-state index in [1.54, 1.807) is 6.20 Å². The van der Waals surface area contributed by atoms with Gasteiger partial charge in [0, 0.05) is 17.1 Å². The lowest BCUT2D eigenvalue weighted by molar-refractivity contribution is 0.867. The zero-order chi connectivity index (χ0) is 13.2. The molecule has 1 aromatic carbocycles. The summed E-state index contributed by atoms with van der Waals surface area (Å²) in [4.78, 5) is 8.91. The van der Waals surface area contributed by atoms with Crippen LogP contribution in [0.4, 0.5) is 0 Å². The number of hydrogen-bond acceptors (Lipinski definition) is 2. The maximum Gasteiger partial charge on any atom is 0.159 e. The second-order valence-electron chi connectivity index (χ2n) is 5.02. The van der Waals surface area contributed by atoms with E-state index in [1.807, 2.05) is 18.2 Å². The first-order valence-corrected chi connectivity index (χ1v) is 6.56. The van der Waals surface area contributed by atoms with Crippen LogP contribution in [0, 0.1) is 0 Å². The Hall–Kier alpha value is -2.22. The fourth-order valence-corrected chi connectivity index (χ4v) is 2.15. The fourth-order valence-electron chi connectivity index (χ4n) is 2.15. The normalized spacial score (nSPS) is 11.1. The predicted molar refractivity (Wildman–Crippen MR) is 79.1 cm³/mol. The van der Waals surface area contributed by atoms with E-state index in [0.717, 1.165) is 22.3 Å². The molecule has 0 N–H and O–H groups in total. The number of aromatic nitrogens is 2. The molecule has 0 fully saturated rings. The Bertz CT molecular complexity index is 700. The monoisotopic (exact) mass is 248 g/mol. The van der Waals surface area contributed by atoms with Gasteiger partial charge in [-0.2, -0.15) is 0 Å². The molecule has 2 heteroatoms. The van der Waals surface area contributed by atoms with E-state index in [9.17, 15) is 0 Å². The molecule has 2 nitrogen and oxygen atoms in total. The number of benzene rings is 1. The first-order chi connectivity index (χ1) is 9.24. The highest BCUT2D eigenvalue weighted by Gasteiger charge is 2.03. The highest BCUT2D eigenvalue weighted by atomic mass is 14.8. The Kier molecular flexibility index (Phi) is 3.00. The number of nitrogens with zero attached hydrogens (tertiary/aromatic N) is 2. The van der Waals surface area contributed by atoms with Crippen molar-refractivity contribution in [3.8, 4) is 11.3 Å². The summed E-state index contributed by atoms with van der Waals surface area (Å²) in [6.07, 6.45) is 1.78. The van der Waals surface area contributed by atoms with Crippen molar-refractivity contribution in [3.63, 3.8) is 0 Å². The van der Waals surface area contributed by atoms with Crippen molar-refractivity contribution in [2.24, 2.45) is 0 Å². The van der Waals surface area contributed by atoms with Gasteiger partial charge in [0.15, 0.2) is 5.65 Å². The SMILES string of the molecule is CC(C)c1ccc(-c2ccc3cccnc3n2)cc1. The van der Waals surface area contributed by atoms with Gasteiger partial charge in [-0.1, -0.05) is 38.1 Å². The Morgan fingerprint density at radius 3 is 2.42 bits per heavy atom. The van der Waals surface area contributed by atoms with Gasteiger partial charge in [-0.3, -0.25) is 0 Å². The molecule has 0 spiro atoms. The lowest BCUT2D eigenvalue weighted by Gasteiger charge is -2.07. The minimum absolute atomic E-state index is 0.556. The summed E-state index contributed by atoms with van der Waals surface area (Å²) in [6.45, 7) is 4.40. The Morgan fingerprint density at radius 1 is 0.895 bits per heavy atom. The molecule has 0 unspecified atom stereocenters. The van der Waals surface area contributed by atoms with Gasteiger partial charge in [0.2, 0.25) is 0 Å². The minimum Gasteiger partial charge on any atom is -0.237 e. The van der Waals surface area contributed by atoms with Gasteiger partial charge in [0.25, 0.3) is 0 Å². The van der Waals surface area contributed by atoms with Crippen LogP contribution in [-0.2, 0) is 0 Å². The van der Waals surface area contributed by atoms with E-state index in [1.165, 1.54) is 5.56 Å². The summed E-state index contributed by atoms with van der Waals surface area (Å²) in [5.41, 5.74) is 4.26. The number of fused-ring (bicyclic) bond motifs is 1. The maximum absolute atomic E-state index is 4.61. The predicted octanol–water partition coefficient (Wildman–Crippen LogP) is 4.42. The van der Waals surface area contributed by atoms with Crippen LogP contribution in [0.2, 0.25) is 0 Å². The lowest BCUT2D eigenvalue weighted by Crippen LogP contribution is -1.89. The summed E-state index contributed by atoms with van der Waals surface area (Å²) in [7, 11) is 0. The minimum atomic E-state index is 0.556. The van der Waals surface area contributed by atoms with Gasteiger partial charge in [0.05, 0.1) is 5.69 Å². The molecule has 3 rings (SSSR count). The Morgan fingerprint density at radius 2 is 1.68 bits per heavy atom. The zero-order valence-corrected chi connectivity index (χ0v) is 11.2. The van der Waals surface area contributed by atoms with Crippen LogP contribution in [0.25, 0.3) is 22.3 Å². The van der Waals surface area contributed by atoms with Crippen LogP contribution < -0.4 is 0 Å². The molecule has 94 valence electrons. The van der Waals surface area contributed by atoms with Crippen molar-refractivity contribution in [1.29, 1.82) is 0 Å². The maximum atomic E-state index is 4.61. The van der Waals surface area contributed by atoms with Crippen molar-refractivity contribution in [1.82, 2.24) is 9.97 Å². The van der Waals surface area contributed by atoms with Crippen LogP contribution in [0.1, 0.15) is 25.3 Å². The second-order valence-corrected chi connectivity index (χ2v) is 5.02. The van der Waals surface area contributed by atoms with E-state index in [4.69, 9.17) is 0 Å². The van der Waals surface area contributed by atoms with Crippen LogP contribution in [0.3, 0.4) is 0 Å². The second kappa shape index (κ2) is 4.81. The standard InChI is InChI=1S/C17H16N2/c1-12(2)13-5-7-14(8-6-13)16-10-9-15-4-3-11-18-17(15)19-16/h3-12H,1-2H3. The number of hydrogen-bond donors (Lipinski definition) is 0. The molecular formula is C17H16N2. The topological polar surface area (TPSA) is 25.8 Å². The van der Waals surface area contributed by atoms with Gasteiger partial charge in [-0.25, -0.2) is 9.97 Å². The van der Waals surface area contributed by atoms with Crippen molar-refractivity contribution >= 4 is 11.0 Å². The molecule has 0 bridgehead atoms. The largest absolute Gasteiger partial charge is 0.237 e. The molecule has 0 radical (unpaired) electrons. The third-order valence-electron chi connectivity index (χ3n) is 3.34. The van der Waals surface area contributed by atoms with E-state index < -0.39 is 0 Å². The molecule has 0 saturated carbocycles. The third kappa shape index (κ3) is 2.34. The molecule has 0 aliphatic rings. The molecule has 19 heavy (non-hydrogen) atoms. The Balaban J connectivity index is 2.03. The molecule has 0 aliphatic carbocycles. The van der Waals surface area contributed by atoms with E-state index >= 15 is 0 Å². The highest BCUT2D eigenvalue weighted by Crippen LogP contribution is 2.22. The van der Waals surface area contributed by atoms with E-state index in [2.05, 4.69) is 54.1 Å². The molecule has 0 atom stereocenters. The summed E-state index contributed by atoms with van der Waals surface area (Å²) in [6, 6.07) is 16.7. The van der Waals surface area contributed by atoms with E-state index in [0.29, 0.717) is 5.92 Å². The molecule has 2 heterocycles. The smallest absolute Gasteiger partial charge is 0.159 e. The van der Waals surface area contributed by atoms with Crippen LogP contribution in [0.5, 0.6) is 0 Å². The number of pyridine rings is 2. The van der Waals surface area contributed by atoms with Gasteiger partial charge < -0.3 is 0 Å². The average molecular weight is 248 g/mol. The first-order valence-electron chi connectivity index (χ1n) is 6.56. The van der Waals surface area contributed by atoms with Crippen molar-refractivity contribution in [2.75, 3.05) is 0 Å². The van der Waals surface area contributed by atoms with Gasteiger partial charge in [0.1, 0.15) is 0 Å². The molecule has 3 aromatic rings. The number of rotatable bonds is 2. The molecule has 0 amide bonds. The quantitative estimate of drug-likeness (QED) is 0.671. The van der Waals surface area contributed by atoms with Crippen molar-refractivity contribution in [2.45, 2.75) is 19.8 Å². The molecule has 2 aromatic heterocycles. The van der Waals surface area contributed by atoms with Crippen molar-refractivity contribution < 1.29 is 0 Å². The summed E-state index contributed by atoms with van der Waals surface area (Å²) >= 11 is 0. The van der Waals surface area contributed by atoms with Crippen molar-refractivity contribution in [3.05, 3.63) is 60.3 Å². The Labute approximate surface area is 113 Å². The van der Waals surface area contributed by atoms with Crippen LogP contribution in [0.15, 0.2) is 54.7 Å². The third-order valence-corrected chi connectivity index (χ3v) is 3.34. The first kappa shape index (κ1) is 11.8. The van der Waals surface area contributed by atoms with Crippen LogP contribution >= 0.6 is 0 Å². The highest BCUT2D eigenvalue weighted by molar-refractivity contribution is 5.77. The van der Waals surface area contributed by atoms with Gasteiger partial charge in [-0.05, 0) is 35.7 Å². The summed E-state index contributed by atoms with van der Waals surface area (Å²) < 4.78 is 0. The summed E-state index contributed by atoms with van der Waals surface area (Å²) in [5.74, 6) is 0.556. The van der Waals surface area contributed by atoms with E-state index in [-0.39, 0.29) is 0 Å². The molecular weight excluding hydrogens is 232 g/mol. The van der Waals surface area contributed by atoms with Gasteiger partial charge >= 0.3 is 0 Å². The summed E-state index contributed by atoms with van der Waals surface area (Å²) in [5, 5.41) is 1.07. The average Bonchev–Trinajstić information content (AvgIpc) is 2.47. The fraction of sp³-hybridized carbons (Fsp3) is 0.176. The zero-order valence-electron chi connectivity index (χ0n) is 11.2. The molecule has 0 aliphatic heterocycles.